The fourth-order valence-corrected chi connectivity index (χ4v) is 4.72. The summed E-state index contributed by atoms with van der Waals surface area (Å²) in [4.78, 5) is 13.4. The average molecular weight is 347 g/mol. The van der Waals surface area contributed by atoms with E-state index in [1.807, 2.05) is 7.05 Å². The normalized spacial score (nSPS) is 16.7. The average Bonchev–Trinajstić information content (AvgIpc) is 3.07. The molecule has 120 valence electrons. The predicted octanol–water partition coefficient (Wildman–Crippen LogP) is 2.60. The molecule has 0 aliphatic heterocycles. The van der Waals surface area contributed by atoms with Crippen LogP contribution < -0.4 is 5.32 Å². The fourth-order valence-electron chi connectivity index (χ4n) is 2.65. The summed E-state index contributed by atoms with van der Waals surface area (Å²) in [6.45, 7) is 2.23. The molecule has 0 fully saturated rings. The summed E-state index contributed by atoms with van der Waals surface area (Å²) >= 11 is 2.88. The molecule has 1 amide bonds. The SMILES string of the molecule is C[C@@H]1CCc2c(sc(NC(=O)CSc3nncn3C)c2C#N)C1. The number of rotatable bonds is 4. The van der Waals surface area contributed by atoms with Crippen LogP contribution in [0.25, 0.3) is 0 Å². The maximum absolute atomic E-state index is 12.2. The summed E-state index contributed by atoms with van der Waals surface area (Å²) in [6, 6.07) is 2.27. The molecule has 1 N–H and O–H groups in total. The van der Waals surface area contributed by atoms with Crippen molar-refractivity contribution in [2.75, 3.05) is 11.1 Å². The quantitative estimate of drug-likeness (QED) is 0.860. The van der Waals surface area contributed by atoms with Gasteiger partial charge in [-0.3, -0.25) is 4.79 Å². The lowest BCUT2D eigenvalue weighted by molar-refractivity contribution is -0.113. The van der Waals surface area contributed by atoms with Gasteiger partial charge in [0.2, 0.25) is 5.91 Å². The monoisotopic (exact) mass is 347 g/mol. The van der Waals surface area contributed by atoms with Gasteiger partial charge in [0, 0.05) is 11.9 Å². The molecule has 0 saturated heterocycles. The number of hydrogen-bond acceptors (Lipinski definition) is 6. The molecule has 0 radical (unpaired) electrons. The predicted molar refractivity (Wildman–Crippen MR) is 90.6 cm³/mol. The second-order valence-corrected chi connectivity index (χ2v) is 7.78. The number of nitriles is 1. The van der Waals surface area contributed by atoms with Crippen molar-refractivity contribution in [1.29, 1.82) is 5.26 Å². The molecule has 0 spiro atoms. The molecule has 6 nitrogen and oxygen atoms in total. The molecule has 2 aromatic rings. The van der Waals surface area contributed by atoms with Crippen molar-refractivity contribution in [3.05, 3.63) is 22.3 Å². The topological polar surface area (TPSA) is 83.6 Å². The van der Waals surface area contributed by atoms with Gasteiger partial charge in [0.05, 0.1) is 11.3 Å². The summed E-state index contributed by atoms with van der Waals surface area (Å²) in [5.41, 5.74) is 1.78. The fraction of sp³-hybridized carbons (Fsp3) is 0.467. The van der Waals surface area contributed by atoms with Crippen LogP contribution in [0.2, 0.25) is 0 Å². The van der Waals surface area contributed by atoms with E-state index in [-0.39, 0.29) is 11.7 Å². The Kier molecular flexibility index (Phi) is 4.68. The Morgan fingerprint density at radius 3 is 3.17 bits per heavy atom. The largest absolute Gasteiger partial charge is 0.316 e. The Bertz CT molecular complexity index is 773. The highest BCUT2D eigenvalue weighted by Crippen LogP contribution is 2.39. The number of anilines is 1. The number of hydrogen-bond donors (Lipinski definition) is 1. The Morgan fingerprint density at radius 2 is 2.48 bits per heavy atom. The lowest BCUT2D eigenvalue weighted by Crippen LogP contribution is -2.14. The Morgan fingerprint density at radius 1 is 1.65 bits per heavy atom. The van der Waals surface area contributed by atoms with E-state index in [1.54, 1.807) is 22.2 Å². The molecule has 0 unspecified atom stereocenters. The van der Waals surface area contributed by atoms with Crippen molar-refractivity contribution >= 4 is 34.0 Å². The lowest BCUT2D eigenvalue weighted by atomic mass is 9.89. The van der Waals surface area contributed by atoms with Crippen molar-refractivity contribution in [3.63, 3.8) is 0 Å². The second kappa shape index (κ2) is 6.72. The highest BCUT2D eigenvalue weighted by atomic mass is 32.2. The van der Waals surface area contributed by atoms with Gasteiger partial charge >= 0.3 is 0 Å². The number of nitrogens with one attached hydrogen (secondary N) is 1. The molecule has 3 rings (SSSR count). The number of carbonyl (C=O) groups excluding carboxylic acids is 1. The molecule has 1 atom stereocenters. The number of amides is 1. The molecule has 0 aromatic carbocycles. The van der Waals surface area contributed by atoms with E-state index in [4.69, 9.17) is 0 Å². The van der Waals surface area contributed by atoms with E-state index < -0.39 is 0 Å². The molecule has 23 heavy (non-hydrogen) atoms. The smallest absolute Gasteiger partial charge is 0.235 e. The van der Waals surface area contributed by atoms with Crippen LogP contribution in [0.3, 0.4) is 0 Å². The van der Waals surface area contributed by atoms with Gasteiger partial charge in [0.1, 0.15) is 17.4 Å². The first kappa shape index (κ1) is 16.0. The van der Waals surface area contributed by atoms with E-state index in [0.29, 0.717) is 21.6 Å². The van der Waals surface area contributed by atoms with Crippen LogP contribution in [0.1, 0.15) is 29.3 Å². The zero-order chi connectivity index (χ0) is 16.4. The van der Waals surface area contributed by atoms with Gasteiger partial charge in [0.15, 0.2) is 5.16 Å². The minimum Gasteiger partial charge on any atom is -0.316 e. The van der Waals surface area contributed by atoms with Crippen LogP contribution in [0.4, 0.5) is 5.00 Å². The van der Waals surface area contributed by atoms with E-state index in [2.05, 4.69) is 28.5 Å². The maximum Gasteiger partial charge on any atom is 0.235 e. The van der Waals surface area contributed by atoms with Gasteiger partial charge in [-0.25, -0.2) is 0 Å². The number of carbonyl (C=O) groups is 1. The maximum atomic E-state index is 12.2. The number of nitrogens with zero attached hydrogens (tertiary/aromatic N) is 4. The van der Waals surface area contributed by atoms with Crippen molar-refractivity contribution in [1.82, 2.24) is 14.8 Å². The van der Waals surface area contributed by atoms with Gasteiger partial charge in [-0.2, -0.15) is 5.26 Å². The summed E-state index contributed by atoms with van der Waals surface area (Å²) in [5, 5.41) is 21.4. The van der Waals surface area contributed by atoms with Crippen LogP contribution in [0.5, 0.6) is 0 Å². The molecular weight excluding hydrogens is 330 g/mol. The number of thioether (sulfide) groups is 1. The number of aromatic nitrogens is 3. The zero-order valence-corrected chi connectivity index (χ0v) is 14.6. The molecule has 2 heterocycles. The van der Waals surface area contributed by atoms with E-state index in [0.717, 1.165) is 24.8 Å². The Hall–Kier alpha value is -1.85. The van der Waals surface area contributed by atoms with Crippen LogP contribution in [-0.2, 0) is 24.7 Å². The summed E-state index contributed by atoms with van der Waals surface area (Å²) in [6.07, 6.45) is 4.63. The first-order valence-electron chi connectivity index (χ1n) is 7.39. The third-order valence-corrected chi connectivity index (χ3v) is 6.08. The third kappa shape index (κ3) is 3.41. The lowest BCUT2D eigenvalue weighted by Gasteiger charge is -2.17. The van der Waals surface area contributed by atoms with Crippen LogP contribution in [-0.4, -0.2) is 26.4 Å². The van der Waals surface area contributed by atoms with Crippen LogP contribution in [0, 0.1) is 17.2 Å². The van der Waals surface area contributed by atoms with Crippen molar-refractivity contribution in [3.8, 4) is 6.07 Å². The van der Waals surface area contributed by atoms with Crippen molar-refractivity contribution < 1.29 is 4.79 Å². The van der Waals surface area contributed by atoms with Gasteiger partial charge in [0.25, 0.3) is 0 Å². The first-order chi connectivity index (χ1) is 11.1. The minimum absolute atomic E-state index is 0.124. The number of thiophene rings is 1. The van der Waals surface area contributed by atoms with Crippen molar-refractivity contribution in [2.24, 2.45) is 13.0 Å². The standard InChI is InChI=1S/C15H17N5OS2/c1-9-3-4-10-11(6-16)14(23-12(10)5-9)18-13(21)7-22-15-19-17-8-20(15)2/h8-9H,3-5,7H2,1-2H3,(H,18,21)/t9-/m1/s1. The molecule has 0 bridgehead atoms. The molecule has 1 aliphatic carbocycles. The number of fused-ring (bicyclic) bond motifs is 1. The Labute approximate surface area is 142 Å². The molecular formula is C15H17N5OS2. The summed E-state index contributed by atoms with van der Waals surface area (Å²) in [7, 11) is 1.84. The summed E-state index contributed by atoms with van der Waals surface area (Å²) in [5.74, 6) is 0.764. The zero-order valence-electron chi connectivity index (χ0n) is 13.0. The molecule has 1 aliphatic rings. The van der Waals surface area contributed by atoms with Crippen molar-refractivity contribution in [2.45, 2.75) is 31.3 Å². The second-order valence-electron chi connectivity index (χ2n) is 5.73. The van der Waals surface area contributed by atoms with E-state index in [9.17, 15) is 10.1 Å². The van der Waals surface area contributed by atoms with Gasteiger partial charge in [-0.05, 0) is 30.7 Å². The molecule has 0 saturated carbocycles. The highest BCUT2D eigenvalue weighted by molar-refractivity contribution is 7.99. The highest BCUT2D eigenvalue weighted by Gasteiger charge is 2.24. The molecule has 2 aromatic heterocycles. The van der Waals surface area contributed by atoms with Gasteiger partial charge in [-0.15, -0.1) is 21.5 Å². The number of aryl methyl sites for hydroxylation is 1. The first-order valence-corrected chi connectivity index (χ1v) is 9.20. The third-order valence-electron chi connectivity index (χ3n) is 3.88. The Balaban J connectivity index is 1.69. The van der Waals surface area contributed by atoms with Gasteiger partial charge < -0.3 is 9.88 Å². The van der Waals surface area contributed by atoms with E-state index in [1.165, 1.54) is 16.6 Å². The van der Waals surface area contributed by atoms with Gasteiger partial charge in [-0.1, -0.05) is 18.7 Å². The summed E-state index contributed by atoms with van der Waals surface area (Å²) < 4.78 is 1.77. The van der Waals surface area contributed by atoms with Crippen LogP contribution >= 0.6 is 23.1 Å². The van der Waals surface area contributed by atoms with Crippen LogP contribution in [0.15, 0.2) is 11.5 Å². The van der Waals surface area contributed by atoms with E-state index >= 15 is 0 Å². The molecule has 8 heteroatoms. The minimum atomic E-state index is -0.124.